The van der Waals surface area contributed by atoms with Gasteiger partial charge in [-0.25, -0.2) is 4.79 Å². The molecule has 0 aliphatic heterocycles. The summed E-state index contributed by atoms with van der Waals surface area (Å²) in [6.07, 6.45) is 0. The number of amides is 1. The van der Waals surface area contributed by atoms with Crippen molar-refractivity contribution in [1.82, 2.24) is 14.8 Å². The first kappa shape index (κ1) is 20.6. The Labute approximate surface area is 173 Å². The highest BCUT2D eigenvalue weighted by Crippen LogP contribution is 2.22. The van der Waals surface area contributed by atoms with Crippen molar-refractivity contribution in [3.63, 3.8) is 0 Å². The Morgan fingerprint density at radius 2 is 1.86 bits per heavy atom. The van der Waals surface area contributed by atoms with E-state index < -0.39 is 5.97 Å². The molecule has 0 bridgehead atoms. The van der Waals surface area contributed by atoms with Crippen molar-refractivity contribution in [2.75, 3.05) is 17.7 Å². The van der Waals surface area contributed by atoms with Crippen LogP contribution in [0.25, 0.3) is 5.69 Å². The van der Waals surface area contributed by atoms with Gasteiger partial charge >= 0.3 is 5.97 Å². The predicted octanol–water partition coefficient (Wildman–Crippen LogP) is 3.79. The fraction of sp³-hybridized carbons (Fsp3) is 0.238. The molecule has 1 amide bonds. The summed E-state index contributed by atoms with van der Waals surface area (Å²) in [5.74, 6) is 0.291. The van der Waals surface area contributed by atoms with Gasteiger partial charge in [-0.05, 0) is 51.1 Å². The highest BCUT2D eigenvalue weighted by atomic mass is 32.2. The first-order valence-corrected chi connectivity index (χ1v) is 10.2. The van der Waals surface area contributed by atoms with E-state index in [0.29, 0.717) is 23.0 Å². The van der Waals surface area contributed by atoms with Gasteiger partial charge in [-0.15, -0.1) is 10.2 Å². The van der Waals surface area contributed by atoms with Crippen molar-refractivity contribution in [2.24, 2.45) is 0 Å². The molecule has 150 valence electrons. The van der Waals surface area contributed by atoms with Crippen LogP contribution in [0.15, 0.2) is 53.7 Å². The Morgan fingerprint density at radius 1 is 1.10 bits per heavy atom. The zero-order valence-corrected chi connectivity index (χ0v) is 17.3. The van der Waals surface area contributed by atoms with Crippen molar-refractivity contribution >= 4 is 29.3 Å². The number of carbonyl (C=O) groups excluding carboxylic acids is 2. The van der Waals surface area contributed by atoms with Gasteiger partial charge in [-0.2, -0.15) is 0 Å². The lowest BCUT2D eigenvalue weighted by Crippen LogP contribution is -2.15. The summed E-state index contributed by atoms with van der Waals surface area (Å²) in [4.78, 5) is 24.2. The fourth-order valence-electron chi connectivity index (χ4n) is 2.69. The molecule has 1 heterocycles. The Balaban J connectivity index is 1.66. The number of ether oxygens (including phenoxy) is 1. The van der Waals surface area contributed by atoms with Gasteiger partial charge in [0.15, 0.2) is 5.16 Å². The molecule has 0 aliphatic carbocycles. The van der Waals surface area contributed by atoms with Crippen molar-refractivity contribution in [3.8, 4) is 5.69 Å². The first-order chi connectivity index (χ1) is 14.0. The molecule has 0 saturated heterocycles. The second kappa shape index (κ2) is 9.38. The van der Waals surface area contributed by atoms with Crippen LogP contribution in [-0.2, 0) is 9.53 Å². The van der Waals surface area contributed by atoms with Crippen molar-refractivity contribution in [1.29, 1.82) is 0 Å². The summed E-state index contributed by atoms with van der Waals surface area (Å²) in [6, 6.07) is 14.7. The van der Waals surface area contributed by atoms with Crippen LogP contribution in [0.3, 0.4) is 0 Å². The lowest BCUT2D eigenvalue weighted by Gasteiger charge is -2.09. The predicted molar refractivity (Wildman–Crippen MR) is 113 cm³/mol. The van der Waals surface area contributed by atoms with Crippen LogP contribution in [0.5, 0.6) is 0 Å². The molecule has 0 saturated carbocycles. The minimum absolute atomic E-state index is 0.160. The molecule has 0 spiro atoms. The Hall–Kier alpha value is -3.13. The summed E-state index contributed by atoms with van der Waals surface area (Å²) in [7, 11) is 0. The van der Waals surface area contributed by atoms with Gasteiger partial charge in [0.1, 0.15) is 5.82 Å². The van der Waals surface area contributed by atoms with Crippen LogP contribution in [0.2, 0.25) is 0 Å². The van der Waals surface area contributed by atoms with Gasteiger partial charge in [-0.3, -0.25) is 9.36 Å². The van der Waals surface area contributed by atoms with Crippen molar-refractivity contribution < 1.29 is 14.3 Å². The van der Waals surface area contributed by atoms with Gasteiger partial charge in [-0.1, -0.05) is 35.5 Å². The van der Waals surface area contributed by atoms with E-state index in [9.17, 15) is 9.59 Å². The van der Waals surface area contributed by atoms with Gasteiger partial charge in [0, 0.05) is 11.4 Å². The Morgan fingerprint density at radius 3 is 2.59 bits per heavy atom. The number of nitrogens with zero attached hydrogens (tertiary/aromatic N) is 3. The minimum Gasteiger partial charge on any atom is -0.462 e. The number of aromatic nitrogens is 3. The minimum atomic E-state index is -0.417. The SMILES string of the molecule is CCOC(=O)c1cccc(NC(=O)CSc2nnc(C)n2-c2ccc(C)cc2)c1. The monoisotopic (exact) mass is 410 g/mol. The molecular formula is C21H22N4O3S. The highest BCUT2D eigenvalue weighted by Gasteiger charge is 2.14. The number of benzene rings is 2. The zero-order valence-electron chi connectivity index (χ0n) is 16.5. The Kier molecular flexibility index (Phi) is 6.66. The fourth-order valence-corrected chi connectivity index (χ4v) is 3.49. The molecule has 1 N–H and O–H groups in total. The molecule has 8 heteroatoms. The number of nitrogens with one attached hydrogen (secondary N) is 1. The molecule has 2 aromatic carbocycles. The van der Waals surface area contributed by atoms with E-state index in [0.717, 1.165) is 17.1 Å². The summed E-state index contributed by atoms with van der Waals surface area (Å²) >= 11 is 1.30. The van der Waals surface area contributed by atoms with E-state index in [1.807, 2.05) is 42.7 Å². The number of rotatable bonds is 7. The van der Waals surface area contributed by atoms with Crippen LogP contribution >= 0.6 is 11.8 Å². The van der Waals surface area contributed by atoms with Crippen LogP contribution < -0.4 is 5.32 Å². The molecule has 29 heavy (non-hydrogen) atoms. The topological polar surface area (TPSA) is 86.1 Å². The number of hydrogen-bond donors (Lipinski definition) is 1. The number of carbonyl (C=O) groups is 2. The second-order valence-corrected chi connectivity index (χ2v) is 7.28. The highest BCUT2D eigenvalue weighted by molar-refractivity contribution is 7.99. The number of hydrogen-bond acceptors (Lipinski definition) is 6. The third-order valence-corrected chi connectivity index (χ3v) is 5.01. The smallest absolute Gasteiger partial charge is 0.338 e. The number of anilines is 1. The van der Waals surface area contributed by atoms with Crippen LogP contribution in [0, 0.1) is 13.8 Å². The maximum Gasteiger partial charge on any atom is 0.338 e. The van der Waals surface area contributed by atoms with E-state index in [1.165, 1.54) is 11.8 Å². The van der Waals surface area contributed by atoms with Gasteiger partial charge < -0.3 is 10.1 Å². The van der Waals surface area contributed by atoms with Gasteiger partial charge in [0.2, 0.25) is 5.91 Å². The lowest BCUT2D eigenvalue weighted by atomic mass is 10.2. The largest absolute Gasteiger partial charge is 0.462 e. The quantitative estimate of drug-likeness (QED) is 0.471. The normalized spacial score (nSPS) is 10.6. The first-order valence-electron chi connectivity index (χ1n) is 9.17. The van der Waals surface area contributed by atoms with Crippen molar-refractivity contribution in [2.45, 2.75) is 25.9 Å². The standard InChI is InChI=1S/C21H22N4O3S/c1-4-28-20(27)16-6-5-7-17(12-16)22-19(26)13-29-21-24-23-15(3)25(21)18-10-8-14(2)9-11-18/h5-12H,4,13H2,1-3H3,(H,22,26). The summed E-state index contributed by atoms with van der Waals surface area (Å²) in [6.45, 7) is 5.95. The Bertz CT molecular complexity index is 1020. The van der Waals surface area contributed by atoms with E-state index in [4.69, 9.17) is 4.74 Å². The molecule has 3 aromatic rings. The number of aryl methyl sites for hydroxylation is 2. The third-order valence-electron chi connectivity index (χ3n) is 4.08. The number of esters is 1. The molecule has 0 radical (unpaired) electrons. The molecular weight excluding hydrogens is 388 g/mol. The summed E-state index contributed by atoms with van der Waals surface area (Å²) < 4.78 is 6.90. The molecule has 7 nitrogen and oxygen atoms in total. The van der Waals surface area contributed by atoms with E-state index in [-0.39, 0.29) is 11.7 Å². The van der Waals surface area contributed by atoms with Crippen LogP contribution in [0.4, 0.5) is 5.69 Å². The summed E-state index contributed by atoms with van der Waals surface area (Å²) in [5.41, 5.74) is 3.05. The molecule has 3 rings (SSSR count). The average molecular weight is 410 g/mol. The lowest BCUT2D eigenvalue weighted by molar-refractivity contribution is -0.113. The van der Waals surface area contributed by atoms with Crippen LogP contribution in [0.1, 0.15) is 28.7 Å². The van der Waals surface area contributed by atoms with Crippen LogP contribution in [-0.4, -0.2) is 39.0 Å². The number of thioether (sulfide) groups is 1. The van der Waals surface area contributed by atoms with Crippen molar-refractivity contribution in [3.05, 3.63) is 65.5 Å². The van der Waals surface area contributed by atoms with E-state index in [1.54, 1.807) is 31.2 Å². The van der Waals surface area contributed by atoms with Gasteiger partial charge in [0.05, 0.1) is 17.9 Å². The third kappa shape index (κ3) is 5.23. The van der Waals surface area contributed by atoms with Gasteiger partial charge in [0.25, 0.3) is 0 Å². The van der Waals surface area contributed by atoms with E-state index in [2.05, 4.69) is 15.5 Å². The second-order valence-electron chi connectivity index (χ2n) is 6.34. The molecule has 0 atom stereocenters. The molecule has 1 aromatic heterocycles. The molecule has 0 fully saturated rings. The maximum atomic E-state index is 12.4. The molecule has 0 unspecified atom stereocenters. The zero-order chi connectivity index (χ0) is 20.8. The summed E-state index contributed by atoms with van der Waals surface area (Å²) in [5, 5.41) is 11.8. The maximum absolute atomic E-state index is 12.4. The molecule has 0 aliphatic rings. The average Bonchev–Trinajstić information content (AvgIpc) is 3.08. The van der Waals surface area contributed by atoms with E-state index >= 15 is 0 Å².